The molecule has 1 amide bonds. The van der Waals surface area contributed by atoms with E-state index in [1.165, 1.54) is 11.6 Å². The summed E-state index contributed by atoms with van der Waals surface area (Å²) in [6.07, 6.45) is 3.41. The van der Waals surface area contributed by atoms with E-state index < -0.39 is 11.9 Å². The number of carbonyl (C=O) groups is 2. The van der Waals surface area contributed by atoms with Crippen molar-refractivity contribution >= 4 is 18.0 Å². The average Bonchev–Trinajstić information content (AvgIpc) is 3.17. The Kier molecular flexibility index (Phi) is 6.07. The molecule has 0 atom stereocenters. The fourth-order valence-electron chi connectivity index (χ4n) is 2.79. The third kappa shape index (κ3) is 4.76. The van der Waals surface area contributed by atoms with Crippen molar-refractivity contribution in [2.24, 2.45) is 0 Å². The van der Waals surface area contributed by atoms with Crippen molar-refractivity contribution in [3.63, 3.8) is 0 Å². The first-order chi connectivity index (χ1) is 13.6. The number of amides is 1. The molecule has 0 aliphatic rings. The first kappa shape index (κ1) is 19.2. The topological polar surface area (TPSA) is 79.5 Å². The molecule has 1 aromatic heterocycles. The summed E-state index contributed by atoms with van der Waals surface area (Å²) in [7, 11) is 0. The molecule has 2 aromatic carbocycles. The molecule has 0 unspecified atom stereocenters. The number of hydrogen-bond donors (Lipinski definition) is 2. The van der Waals surface area contributed by atoms with Gasteiger partial charge < -0.3 is 14.8 Å². The highest BCUT2D eigenvalue weighted by atomic mass is 16.4. The molecule has 5 nitrogen and oxygen atoms in total. The first-order valence-corrected chi connectivity index (χ1v) is 9.07. The fraction of sp³-hybridized carbons (Fsp3) is 0.130. The molecule has 0 aliphatic carbocycles. The van der Waals surface area contributed by atoms with Gasteiger partial charge in [0.1, 0.15) is 17.2 Å². The summed E-state index contributed by atoms with van der Waals surface area (Å²) in [5.74, 6) is -0.759. The molecule has 0 fully saturated rings. The molecular formula is C23H21NO4. The molecule has 0 saturated heterocycles. The maximum absolute atomic E-state index is 12.2. The number of benzene rings is 2. The Labute approximate surface area is 163 Å². The van der Waals surface area contributed by atoms with Crippen LogP contribution in [-0.2, 0) is 11.2 Å². The van der Waals surface area contributed by atoms with Crippen LogP contribution in [0.5, 0.6) is 0 Å². The number of carboxylic acids is 1. The van der Waals surface area contributed by atoms with Gasteiger partial charge in [-0.1, -0.05) is 55.8 Å². The lowest BCUT2D eigenvalue weighted by atomic mass is 10.1. The smallest absolute Gasteiger partial charge is 0.352 e. The molecule has 0 aliphatic heterocycles. The van der Waals surface area contributed by atoms with Crippen LogP contribution >= 0.6 is 0 Å². The summed E-state index contributed by atoms with van der Waals surface area (Å²) in [6.45, 7) is 2.13. The third-order valence-electron chi connectivity index (χ3n) is 4.21. The van der Waals surface area contributed by atoms with Gasteiger partial charge in [-0.15, -0.1) is 0 Å². The molecule has 0 radical (unpaired) electrons. The van der Waals surface area contributed by atoms with Crippen molar-refractivity contribution < 1.29 is 19.1 Å². The SMILES string of the molecule is CCCc1ccc(-c2ccc(/C=C(\NC(=O)c3ccccc3)C(=O)O)o2)cc1. The van der Waals surface area contributed by atoms with Crippen LogP contribution in [0.1, 0.15) is 35.0 Å². The third-order valence-corrected chi connectivity index (χ3v) is 4.21. The van der Waals surface area contributed by atoms with Crippen LogP contribution in [0.15, 0.2) is 76.8 Å². The second-order valence-corrected chi connectivity index (χ2v) is 6.33. The molecule has 28 heavy (non-hydrogen) atoms. The fourth-order valence-corrected chi connectivity index (χ4v) is 2.79. The average molecular weight is 375 g/mol. The van der Waals surface area contributed by atoms with Crippen LogP contribution in [0, 0.1) is 0 Å². The van der Waals surface area contributed by atoms with Crippen molar-refractivity contribution in [2.45, 2.75) is 19.8 Å². The van der Waals surface area contributed by atoms with Crippen LogP contribution < -0.4 is 5.32 Å². The lowest BCUT2D eigenvalue weighted by Gasteiger charge is -2.05. The van der Waals surface area contributed by atoms with Gasteiger partial charge in [-0.25, -0.2) is 4.79 Å². The number of rotatable bonds is 7. The van der Waals surface area contributed by atoms with Gasteiger partial charge in [0.25, 0.3) is 5.91 Å². The van der Waals surface area contributed by atoms with E-state index in [1.807, 2.05) is 12.1 Å². The largest absolute Gasteiger partial charge is 0.477 e. The van der Waals surface area contributed by atoms with Gasteiger partial charge in [-0.2, -0.15) is 0 Å². The van der Waals surface area contributed by atoms with Crippen LogP contribution in [0.4, 0.5) is 0 Å². The Morgan fingerprint density at radius 1 is 1.00 bits per heavy atom. The molecular weight excluding hydrogens is 354 g/mol. The van der Waals surface area contributed by atoms with Gasteiger partial charge in [-0.05, 0) is 36.2 Å². The summed E-state index contributed by atoms with van der Waals surface area (Å²) < 4.78 is 5.75. The van der Waals surface area contributed by atoms with Gasteiger partial charge in [0.05, 0.1) is 0 Å². The molecule has 0 bridgehead atoms. The second kappa shape index (κ2) is 8.86. The number of carbonyl (C=O) groups excluding carboxylic acids is 1. The summed E-state index contributed by atoms with van der Waals surface area (Å²) in [4.78, 5) is 23.7. The minimum absolute atomic E-state index is 0.256. The minimum atomic E-state index is -1.24. The molecule has 3 aromatic rings. The second-order valence-electron chi connectivity index (χ2n) is 6.33. The van der Waals surface area contributed by atoms with Gasteiger partial charge in [0, 0.05) is 17.2 Å². The van der Waals surface area contributed by atoms with Crippen molar-refractivity contribution in [1.82, 2.24) is 5.32 Å². The van der Waals surface area contributed by atoms with Crippen LogP contribution in [0.3, 0.4) is 0 Å². The van der Waals surface area contributed by atoms with Crippen LogP contribution in [0.25, 0.3) is 17.4 Å². The number of nitrogens with one attached hydrogen (secondary N) is 1. The Morgan fingerprint density at radius 3 is 2.36 bits per heavy atom. The minimum Gasteiger partial charge on any atom is -0.477 e. The molecule has 5 heteroatoms. The van der Waals surface area contributed by atoms with E-state index in [2.05, 4.69) is 24.4 Å². The number of carboxylic acid groups (broad SMARTS) is 1. The number of hydrogen-bond acceptors (Lipinski definition) is 3. The maximum Gasteiger partial charge on any atom is 0.352 e. The lowest BCUT2D eigenvalue weighted by Crippen LogP contribution is -2.27. The summed E-state index contributed by atoms with van der Waals surface area (Å²) >= 11 is 0. The zero-order chi connectivity index (χ0) is 19.9. The highest BCUT2D eigenvalue weighted by Crippen LogP contribution is 2.24. The molecule has 3 rings (SSSR count). The number of aliphatic carboxylic acids is 1. The van der Waals surface area contributed by atoms with E-state index in [1.54, 1.807) is 42.5 Å². The maximum atomic E-state index is 12.2. The predicted octanol–water partition coefficient (Wildman–Crippen LogP) is 4.75. The molecule has 0 saturated carbocycles. The Morgan fingerprint density at radius 2 is 1.71 bits per heavy atom. The van der Waals surface area contributed by atoms with E-state index in [4.69, 9.17) is 4.42 Å². The summed E-state index contributed by atoms with van der Waals surface area (Å²) in [5, 5.41) is 11.8. The van der Waals surface area contributed by atoms with Gasteiger partial charge in [0.2, 0.25) is 0 Å². The standard InChI is InChI=1S/C23H21NO4/c1-2-6-16-9-11-17(12-10-16)21-14-13-19(28-21)15-20(23(26)27)24-22(25)18-7-4-3-5-8-18/h3-5,7-15H,2,6H2,1H3,(H,24,25)(H,26,27)/b20-15-. The Balaban J connectivity index is 1.78. The van der Waals surface area contributed by atoms with E-state index >= 15 is 0 Å². The van der Waals surface area contributed by atoms with Crippen LogP contribution in [-0.4, -0.2) is 17.0 Å². The normalized spacial score (nSPS) is 11.2. The Hall–Kier alpha value is -3.60. The number of furan rings is 1. The van der Waals surface area contributed by atoms with Gasteiger partial charge >= 0.3 is 5.97 Å². The first-order valence-electron chi connectivity index (χ1n) is 9.07. The highest BCUT2D eigenvalue weighted by Gasteiger charge is 2.14. The lowest BCUT2D eigenvalue weighted by molar-refractivity contribution is -0.132. The molecule has 2 N–H and O–H groups in total. The summed E-state index contributed by atoms with van der Waals surface area (Å²) in [6, 6.07) is 20.0. The van der Waals surface area contributed by atoms with E-state index in [-0.39, 0.29) is 5.70 Å². The van der Waals surface area contributed by atoms with Crippen LogP contribution in [0.2, 0.25) is 0 Å². The zero-order valence-electron chi connectivity index (χ0n) is 15.5. The van der Waals surface area contributed by atoms with Crippen molar-refractivity contribution in [1.29, 1.82) is 0 Å². The van der Waals surface area contributed by atoms with Crippen molar-refractivity contribution in [3.05, 3.63) is 89.3 Å². The summed E-state index contributed by atoms with van der Waals surface area (Å²) in [5.41, 5.74) is 2.29. The molecule has 1 heterocycles. The molecule has 142 valence electrons. The van der Waals surface area contributed by atoms with Gasteiger partial charge in [-0.3, -0.25) is 4.79 Å². The quantitative estimate of drug-likeness (QED) is 0.584. The highest BCUT2D eigenvalue weighted by molar-refractivity contribution is 6.02. The van der Waals surface area contributed by atoms with E-state index in [9.17, 15) is 14.7 Å². The van der Waals surface area contributed by atoms with E-state index in [0.717, 1.165) is 18.4 Å². The van der Waals surface area contributed by atoms with E-state index in [0.29, 0.717) is 17.1 Å². The predicted molar refractivity (Wildman–Crippen MR) is 108 cm³/mol. The van der Waals surface area contributed by atoms with Crippen molar-refractivity contribution in [2.75, 3.05) is 0 Å². The Bertz CT molecular complexity index is 985. The monoisotopic (exact) mass is 375 g/mol. The van der Waals surface area contributed by atoms with Crippen molar-refractivity contribution in [3.8, 4) is 11.3 Å². The molecule has 0 spiro atoms. The number of aryl methyl sites for hydroxylation is 1. The van der Waals surface area contributed by atoms with Gasteiger partial charge in [0.15, 0.2) is 0 Å². The zero-order valence-corrected chi connectivity index (χ0v) is 15.5.